The van der Waals surface area contributed by atoms with Gasteiger partial charge in [-0.25, -0.2) is 4.98 Å². The summed E-state index contributed by atoms with van der Waals surface area (Å²) in [6.45, 7) is 4.04. The summed E-state index contributed by atoms with van der Waals surface area (Å²) in [5, 5.41) is 18.4. The van der Waals surface area contributed by atoms with Crippen molar-refractivity contribution in [1.29, 1.82) is 0 Å². The molecule has 0 saturated carbocycles. The van der Waals surface area contributed by atoms with E-state index >= 15 is 0 Å². The second-order valence-corrected chi connectivity index (χ2v) is 3.72. The zero-order chi connectivity index (χ0) is 8.43. The Labute approximate surface area is 69.9 Å². The predicted octanol–water partition coefficient (Wildman–Crippen LogP) is -0.0537. The van der Waals surface area contributed by atoms with E-state index in [1.807, 2.05) is 13.8 Å². The van der Waals surface area contributed by atoms with E-state index in [9.17, 15) is 0 Å². The molecule has 60 valence electrons. The molecular weight excluding hydrogens is 161 g/mol. The molecule has 1 rings (SSSR count). The molecule has 1 aromatic heterocycles. The van der Waals surface area contributed by atoms with Gasteiger partial charge in [-0.2, -0.15) is 0 Å². The van der Waals surface area contributed by atoms with Gasteiger partial charge in [0, 0.05) is 12.1 Å². The second-order valence-electron chi connectivity index (χ2n) is 2.63. The van der Waals surface area contributed by atoms with E-state index in [2.05, 4.69) is 4.98 Å². The first kappa shape index (κ1) is 8.71. The molecule has 0 aliphatic rings. The minimum absolute atomic E-state index is 0.354. The van der Waals surface area contributed by atoms with Crippen LogP contribution >= 0.6 is 11.3 Å². The number of hydrogen-bond acceptors (Lipinski definition) is 4. The summed E-state index contributed by atoms with van der Waals surface area (Å²) in [5.41, 5.74) is 0. The normalized spacial score (nSPS) is 10.6. The van der Waals surface area contributed by atoms with E-state index in [0.717, 1.165) is 5.01 Å². The van der Waals surface area contributed by atoms with Gasteiger partial charge in [0.05, 0.1) is 9.78 Å². The molecule has 0 aliphatic carbocycles. The maximum Gasteiger partial charge on any atom is 0.500 e. The molecule has 3 nitrogen and oxygen atoms in total. The number of thiazole rings is 1. The van der Waals surface area contributed by atoms with Crippen LogP contribution < -0.4 is 4.78 Å². The third-order valence-corrected chi connectivity index (χ3v) is 2.63. The Morgan fingerprint density at radius 1 is 1.55 bits per heavy atom. The number of nitrogens with zero attached hydrogens (tertiary/aromatic N) is 1. The van der Waals surface area contributed by atoms with Gasteiger partial charge < -0.3 is 10.0 Å². The molecule has 0 aliphatic heterocycles. The first-order valence-corrected chi connectivity index (χ1v) is 4.24. The standard InChI is InChI=1S/C6H10BNO2S/c1-4(2)6-8-3-5(11-6)7(9)10/h3-4,9-10H,1-2H3. The zero-order valence-electron chi connectivity index (χ0n) is 6.48. The van der Waals surface area contributed by atoms with Gasteiger partial charge in [0.25, 0.3) is 0 Å². The van der Waals surface area contributed by atoms with Crippen molar-refractivity contribution >= 4 is 23.2 Å². The van der Waals surface area contributed by atoms with Crippen molar-refractivity contribution in [2.24, 2.45) is 0 Å². The lowest BCUT2D eigenvalue weighted by molar-refractivity contribution is 0.427. The molecule has 0 bridgehead atoms. The molecule has 1 aromatic rings. The van der Waals surface area contributed by atoms with E-state index in [4.69, 9.17) is 10.0 Å². The Morgan fingerprint density at radius 2 is 2.18 bits per heavy atom. The van der Waals surface area contributed by atoms with Crippen LogP contribution in [0.2, 0.25) is 0 Å². The lowest BCUT2D eigenvalue weighted by Crippen LogP contribution is -2.26. The van der Waals surface area contributed by atoms with E-state index in [-0.39, 0.29) is 0 Å². The Bertz CT molecular complexity index is 214. The van der Waals surface area contributed by atoms with Crippen LogP contribution in [0.4, 0.5) is 0 Å². The van der Waals surface area contributed by atoms with Gasteiger partial charge in [-0.15, -0.1) is 11.3 Å². The summed E-state index contributed by atoms with van der Waals surface area (Å²) >= 11 is 1.34. The van der Waals surface area contributed by atoms with Crippen molar-refractivity contribution in [3.63, 3.8) is 0 Å². The molecule has 2 N–H and O–H groups in total. The number of aromatic nitrogens is 1. The summed E-state index contributed by atoms with van der Waals surface area (Å²) in [7, 11) is -1.37. The van der Waals surface area contributed by atoms with Gasteiger partial charge in [0.2, 0.25) is 0 Å². The highest BCUT2D eigenvalue weighted by molar-refractivity contribution is 7.21. The topological polar surface area (TPSA) is 53.4 Å². The van der Waals surface area contributed by atoms with E-state index < -0.39 is 7.12 Å². The summed E-state index contributed by atoms with van der Waals surface area (Å²) in [6.07, 6.45) is 1.50. The first-order chi connectivity index (χ1) is 5.11. The van der Waals surface area contributed by atoms with Crippen molar-refractivity contribution in [2.75, 3.05) is 0 Å². The third kappa shape index (κ3) is 2.02. The average molecular weight is 171 g/mol. The summed E-state index contributed by atoms with van der Waals surface area (Å²) in [6, 6.07) is 0. The lowest BCUT2D eigenvalue weighted by Gasteiger charge is -1.95. The number of hydrogen-bond donors (Lipinski definition) is 2. The minimum Gasteiger partial charge on any atom is -0.423 e. The Kier molecular flexibility index (Phi) is 2.65. The van der Waals surface area contributed by atoms with Gasteiger partial charge in [0.15, 0.2) is 0 Å². The van der Waals surface area contributed by atoms with Crippen LogP contribution in [-0.4, -0.2) is 22.2 Å². The number of rotatable bonds is 2. The molecule has 0 saturated heterocycles. The van der Waals surface area contributed by atoms with E-state index in [1.54, 1.807) is 0 Å². The SMILES string of the molecule is CC(C)c1ncc(B(O)O)s1. The highest BCUT2D eigenvalue weighted by atomic mass is 32.1. The fourth-order valence-corrected chi connectivity index (χ4v) is 1.48. The van der Waals surface area contributed by atoms with Crippen LogP contribution in [0.1, 0.15) is 24.8 Å². The quantitative estimate of drug-likeness (QED) is 0.613. The molecule has 11 heavy (non-hydrogen) atoms. The fraction of sp³-hybridized carbons (Fsp3) is 0.500. The largest absolute Gasteiger partial charge is 0.500 e. The van der Waals surface area contributed by atoms with Gasteiger partial charge in [-0.05, 0) is 0 Å². The van der Waals surface area contributed by atoms with Crippen LogP contribution in [0.3, 0.4) is 0 Å². The maximum atomic E-state index is 8.74. The highest BCUT2D eigenvalue weighted by Gasteiger charge is 2.15. The van der Waals surface area contributed by atoms with Gasteiger partial charge in [-0.1, -0.05) is 13.8 Å². The average Bonchev–Trinajstić information content (AvgIpc) is 2.33. The van der Waals surface area contributed by atoms with E-state index in [1.165, 1.54) is 17.5 Å². The minimum atomic E-state index is -1.37. The van der Waals surface area contributed by atoms with Crippen molar-refractivity contribution in [2.45, 2.75) is 19.8 Å². The van der Waals surface area contributed by atoms with Crippen molar-refractivity contribution in [1.82, 2.24) is 4.98 Å². The molecule has 5 heteroatoms. The fourth-order valence-electron chi connectivity index (χ4n) is 0.687. The van der Waals surface area contributed by atoms with Crippen LogP contribution in [0.5, 0.6) is 0 Å². The van der Waals surface area contributed by atoms with Crippen LogP contribution in [0, 0.1) is 0 Å². The smallest absolute Gasteiger partial charge is 0.423 e. The molecule has 0 fully saturated rings. The zero-order valence-corrected chi connectivity index (χ0v) is 7.30. The lowest BCUT2D eigenvalue weighted by atomic mass is 9.91. The van der Waals surface area contributed by atoms with Crippen LogP contribution in [-0.2, 0) is 0 Å². The Balaban J connectivity index is 2.82. The maximum absolute atomic E-state index is 8.74. The van der Waals surface area contributed by atoms with Gasteiger partial charge in [-0.3, -0.25) is 0 Å². The third-order valence-electron chi connectivity index (χ3n) is 1.29. The first-order valence-electron chi connectivity index (χ1n) is 3.43. The molecular formula is C6H10BNO2S. The van der Waals surface area contributed by atoms with Crippen molar-refractivity contribution in [3.05, 3.63) is 11.2 Å². The van der Waals surface area contributed by atoms with Crippen molar-refractivity contribution in [3.8, 4) is 0 Å². The van der Waals surface area contributed by atoms with Gasteiger partial charge in [0.1, 0.15) is 0 Å². The Hall–Kier alpha value is -0.385. The molecule has 0 atom stereocenters. The predicted molar refractivity (Wildman–Crippen MR) is 46.0 cm³/mol. The monoisotopic (exact) mass is 171 g/mol. The molecule has 0 spiro atoms. The summed E-state index contributed by atoms with van der Waals surface area (Å²) < 4.78 is 0.508. The molecule has 0 amide bonds. The van der Waals surface area contributed by atoms with Crippen LogP contribution in [0.25, 0.3) is 0 Å². The summed E-state index contributed by atoms with van der Waals surface area (Å²) in [4.78, 5) is 4.04. The summed E-state index contributed by atoms with van der Waals surface area (Å²) in [5.74, 6) is 0.354. The molecule has 1 heterocycles. The highest BCUT2D eigenvalue weighted by Crippen LogP contribution is 2.14. The molecule has 0 unspecified atom stereocenters. The second kappa shape index (κ2) is 3.34. The van der Waals surface area contributed by atoms with Crippen molar-refractivity contribution < 1.29 is 10.0 Å². The molecule has 0 radical (unpaired) electrons. The molecule has 0 aromatic carbocycles. The van der Waals surface area contributed by atoms with E-state index in [0.29, 0.717) is 10.7 Å². The Morgan fingerprint density at radius 3 is 2.45 bits per heavy atom. The van der Waals surface area contributed by atoms with Gasteiger partial charge >= 0.3 is 7.12 Å². The van der Waals surface area contributed by atoms with Crippen LogP contribution in [0.15, 0.2) is 6.20 Å².